The van der Waals surface area contributed by atoms with Crippen LogP contribution in [0.3, 0.4) is 0 Å². The van der Waals surface area contributed by atoms with Gasteiger partial charge < -0.3 is 29.2 Å². The normalized spacial score (nSPS) is 15.8. The van der Waals surface area contributed by atoms with Crippen molar-refractivity contribution in [2.75, 3.05) is 26.4 Å². The second kappa shape index (κ2) is 18.8. The zero-order chi connectivity index (χ0) is 45.1. The van der Waals surface area contributed by atoms with Gasteiger partial charge in [-0.2, -0.15) is 0 Å². The van der Waals surface area contributed by atoms with E-state index in [1.165, 1.54) is 11.1 Å². The summed E-state index contributed by atoms with van der Waals surface area (Å²) >= 11 is 0. The van der Waals surface area contributed by atoms with E-state index in [0.717, 1.165) is 94.2 Å². The molecular formula is C53H62O10. The van der Waals surface area contributed by atoms with Crippen LogP contribution in [0.4, 0.5) is 0 Å². The summed E-state index contributed by atoms with van der Waals surface area (Å²) in [5.74, 6) is -2.37. The van der Waals surface area contributed by atoms with E-state index < -0.39 is 34.7 Å². The maximum atomic E-state index is 13.4. The number of ether oxygens (including phenoxy) is 4. The molecule has 0 saturated heterocycles. The number of rotatable bonds is 18. The van der Waals surface area contributed by atoms with Crippen LogP contribution >= 0.6 is 0 Å². The molecule has 3 aliphatic rings. The highest BCUT2D eigenvalue weighted by Gasteiger charge is 2.54. The smallest absolute Gasteiger partial charge is 0.324 e. The molecule has 0 spiro atoms. The average Bonchev–Trinajstić information content (AvgIpc) is 3.96. The molecule has 334 valence electrons. The number of aliphatic hydroxyl groups is 2. The standard InChI is InChI=1S/C53H62O10/c1-7-13-19-51(20-14-8-2)45-25-33(43-23-37-29-52(47(56)60-9-3,48(57)61-10-4)27-35(37)21-39(43)31-54)15-17-41(45)42-18-16-34(26-46(42)51)44-24-38-30-53(49(58)62-11-5,50(59)63-12-6)28-36(38)22-40(44)32-55/h15-18,21-26,54-55H,7-14,19-20,27-32H2,1-6H3. The predicted octanol–water partition coefficient (Wildman–Crippen LogP) is 9.07. The molecule has 0 bridgehead atoms. The van der Waals surface area contributed by atoms with Crippen molar-refractivity contribution < 1.29 is 48.3 Å². The van der Waals surface area contributed by atoms with Gasteiger partial charge in [0.1, 0.15) is 0 Å². The Morgan fingerprint density at radius 1 is 0.476 bits per heavy atom. The Labute approximate surface area is 371 Å². The number of aliphatic hydroxyl groups excluding tert-OH is 2. The van der Waals surface area contributed by atoms with E-state index in [1.54, 1.807) is 27.7 Å². The average molecular weight is 859 g/mol. The Hall–Kier alpha value is -5.32. The first-order valence-corrected chi connectivity index (χ1v) is 22.9. The summed E-state index contributed by atoms with van der Waals surface area (Å²) in [7, 11) is 0. The first-order chi connectivity index (χ1) is 30.4. The Morgan fingerprint density at radius 2 is 0.810 bits per heavy atom. The van der Waals surface area contributed by atoms with Crippen molar-refractivity contribution in [3.63, 3.8) is 0 Å². The fourth-order valence-corrected chi connectivity index (χ4v) is 10.6. The van der Waals surface area contributed by atoms with Crippen molar-refractivity contribution in [1.82, 2.24) is 0 Å². The lowest BCUT2D eigenvalue weighted by Gasteiger charge is -2.33. The molecule has 0 unspecified atom stereocenters. The van der Waals surface area contributed by atoms with E-state index in [4.69, 9.17) is 18.9 Å². The molecule has 0 fully saturated rings. The molecular weight excluding hydrogens is 797 g/mol. The minimum absolute atomic E-state index is 0.144. The molecule has 0 atom stereocenters. The van der Waals surface area contributed by atoms with E-state index >= 15 is 0 Å². The van der Waals surface area contributed by atoms with Gasteiger partial charge >= 0.3 is 23.9 Å². The summed E-state index contributed by atoms with van der Waals surface area (Å²) < 4.78 is 21.8. The Bertz CT molecular complexity index is 2210. The first-order valence-electron chi connectivity index (χ1n) is 22.9. The van der Waals surface area contributed by atoms with Crippen LogP contribution < -0.4 is 0 Å². The third kappa shape index (κ3) is 7.88. The third-order valence-corrected chi connectivity index (χ3v) is 13.7. The molecule has 10 heteroatoms. The number of hydrogen-bond acceptors (Lipinski definition) is 10. The van der Waals surface area contributed by atoms with E-state index in [2.05, 4.69) is 50.2 Å². The highest BCUT2D eigenvalue weighted by Crippen LogP contribution is 2.56. The summed E-state index contributed by atoms with van der Waals surface area (Å²) in [6.45, 7) is 11.5. The van der Waals surface area contributed by atoms with E-state index in [-0.39, 0.29) is 70.7 Å². The van der Waals surface area contributed by atoms with Gasteiger partial charge in [0.15, 0.2) is 10.8 Å². The molecule has 0 radical (unpaired) electrons. The number of hydrogen-bond donors (Lipinski definition) is 2. The van der Waals surface area contributed by atoms with Gasteiger partial charge in [-0.25, -0.2) is 0 Å². The summed E-state index contributed by atoms with van der Waals surface area (Å²) in [4.78, 5) is 53.8. The zero-order valence-corrected chi connectivity index (χ0v) is 37.7. The SMILES string of the molecule is CCCCC1(CCCC)c2cc(-c3cc4c(cc3CO)CC(C(=O)OCC)(C(=O)OCC)C4)ccc2-c2ccc(-c3cc4c(cc3CO)CC(C(=O)OCC)(C(=O)OCC)C4)cc21. The quantitative estimate of drug-likeness (QED) is 0.0565. The number of carbonyl (C=O) groups excluding carboxylic acids is 4. The van der Waals surface area contributed by atoms with E-state index in [1.807, 2.05) is 24.3 Å². The largest absolute Gasteiger partial charge is 0.465 e. The minimum atomic E-state index is -1.48. The van der Waals surface area contributed by atoms with Crippen LogP contribution in [0.15, 0.2) is 60.7 Å². The van der Waals surface area contributed by atoms with Crippen LogP contribution in [-0.2, 0) is 82.4 Å². The van der Waals surface area contributed by atoms with Crippen LogP contribution in [0.1, 0.15) is 125 Å². The van der Waals surface area contributed by atoms with Crippen molar-refractivity contribution in [2.45, 2.75) is 124 Å². The van der Waals surface area contributed by atoms with Gasteiger partial charge in [0.05, 0.1) is 39.6 Å². The maximum Gasteiger partial charge on any atom is 0.324 e. The highest BCUT2D eigenvalue weighted by molar-refractivity contribution is 6.03. The lowest BCUT2D eigenvalue weighted by Crippen LogP contribution is -2.43. The van der Waals surface area contributed by atoms with Crippen LogP contribution in [-0.4, -0.2) is 60.5 Å². The third-order valence-electron chi connectivity index (χ3n) is 13.7. The first kappa shape index (κ1) is 45.7. The molecule has 0 saturated carbocycles. The van der Waals surface area contributed by atoms with Gasteiger partial charge in [0.2, 0.25) is 0 Å². The van der Waals surface area contributed by atoms with Crippen molar-refractivity contribution >= 4 is 23.9 Å². The second-order valence-electron chi connectivity index (χ2n) is 17.4. The molecule has 2 N–H and O–H groups in total. The van der Waals surface area contributed by atoms with Gasteiger partial charge in [-0.15, -0.1) is 0 Å². The Morgan fingerprint density at radius 3 is 1.11 bits per heavy atom. The molecule has 0 amide bonds. The molecule has 4 aromatic carbocycles. The van der Waals surface area contributed by atoms with Gasteiger partial charge in [0.25, 0.3) is 0 Å². The van der Waals surface area contributed by atoms with Gasteiger partial charge in [0, 0.05) is 5.41 Å². The Balaban J connectivity index is 1.33. The zero-order valence-electron chi connectivity index (χ0n) is 37.7. The molecule has 0 aromatic heterocycles. The second-order valence-corrected chi connectivity index (χ2v) is 17.4. The summed E-state index contributed by atoms with van der Waals surface area (Å²) in [5, 5.41) is 21.6. The summed E-state index contributed by atoms with van der Waals surface area (Å²) in [5.41, 5.74) is 9.89. The number of fused-ring (bicyclic) bond motifs is 5. The summed E-state index contributed by atoms with van der Waals surface area (Å²) in [6, 6.07) is 21.1. The Kier molecular flexibility index (Phi) is 13.6. The monoisotopic (exact) mass is 858 g/mol. The number of carbonyl (C=O) groups is 4. The maximum absolute atomic E-state index is 13.4. The van der Waals surface area contributed by atoms with Crippen molar-refractivity contribution in [1.29, 1.82) is 0 Å². The van der Waals surface area contributed by atoms with Crippen molar-refractivity contribution in [2.24, 2.45) is 10.8 Å². The molecule has 3 aliphatic carbocycles. The fraction of sp³-hybridized carbons (Fsp3) is 0.472. The van der Waals surface area contributed by atoms with Crippen LogP contribution in [0.5, 0.6) is 0 Å². The topological polar surface area (TPSA) is 146 Å². The molecule has 63 heavy (non-hydrogen) atoms. The van der Waals surface area contributed by atoms with E-state index in [0.29, 0.717) is 11.1 Å². The molecule has 7 rings (SSSR count). The van der Waals surface area contributed by atoms with Crippen LogP contribution in [0, 0.1) is 10.8 Å². The minimum Gasteiger partial charge on any atom is -0.465 e. The highest BCUT2D eigenvalue weighted by atomic mass is 16.6. The van der Waals surface area contributed by atoms with Gasteiger partial charge in [-0.05, 0) is 156 Å². The van der Waals surface area contributed by atoms with Crippen LogP contribution in [0.25, 0.3) is 33.4 Å². The molecule has 10 nitrogen and oxygen atoms in total. The lowest BCUT2D eigenvalue weighted by molar-refractivity contribution is -0.173. The lowest BCUT2D eigenvalue weighted by atomic mass is 9.70. The van der Waals surface area contributed by atoms with Gasteiger partial charge in [-0.3, -0.25) is 19.2 Å². The van der Waals surface area contributed by atoms with Crippen LogP contribution in [0.2, 0.25) is 0 Å². The fourth-order valence-electron chi connectivity index (χ4n) is 10.6. The molecule has 0 aliphatic heterocycles. The summed E-state index contributed by atoms with van der Waals surface area (Å²) in [6.07, 6.45) is 6.49. The van der Waals surface area contributed by atoms with Crippen molar-refractivity contribution in [3.05, 3.63) is 105 Å². The molecule has 4 aromatic rings. The number of esters is 4. The predicted molar refractivity (Wildman–Crippen MR) is 241 cm³/mol. The van der Waals surface area contributed by atoms with Gasteiger partial charge in [-0.1, -0.05) is 88.1 Å². The number of benzene rings is 4. The van der Waals surface area contributed by atoms with Crippen molar-refractivity contribution in [3.8, 4) is 33.4 Å². The molecule has 0 heterocycles. The van der Waals surface area contributed by atoms with E-state index in [9.17, 15) is 29.4 Å². The number of unbranched alkanes of at least 4 members (excludes halogenated alkanes) is 2.